The van der Waals surface area contributed by atoms with Gasteiger partial charge in [0.25, 0.3) is 0 Å². The van der Waals surface area contributed by atoms with Crippen molar-refractivity contribution in [1.29, 1.82) is 0 Å². The summed E-state index contributed by atoms with van der Waals surface area (Å²) in [5.41, 5.74) is 6.97. The van der Waals surface area contributed by atoms with Gasteiger partial charge in [0.1, 0.15) is 5.75 Å². The maximum atomic E-state index is 11.2. The summed E-state index contributed by atoms with van der Waals surface area (Å²) in [6, 6.07) is 3.36. The highest BCUT2D eigenvalue weighted by Gasteiger charge is 2.26. The van der Waals surface area contributed by atoms with Crippen LogP contribution in [0.5, 0.6) is 5.75 Å². The van der Waals surface area contributed by atoms with Gasteiger partial charge in [-0.25, -0.2) is 4.79 Å². The molecule has 0 bridgehead atoms. The van der Waals surface area contributed by atoms with Gasteiger partial charge in [-0.3, -0.25) is 0 Å². The number of benzene rings is 1. The fourth-order valence-electron chi connectivity index (χ4n) is 2.81. The first kappa shape index (κ1) is 14.7. The summed E-state index contributed by atoms with van der Waals surface area (Å²) in [6.07, 6.45) is 3.38. The van der Waals surface area contributed by atoms with Crippen LogP contribution in [-0.2, 0) is 0 Å². The fraction of sp³-hybridized carbons (Fsp3) is 0.562. The highest BCUT2D eigenvalue weighted by Crippen LogP contribution is 2.33. The number of rotatable bonds is 3. The zero-order valence-corrected chi connectivity index (χ0v) is 12.3. The molecule has 0 spiro atoms. The lowest BCUT2D eigenvalue weighted by atomic mass is 9.80. The average Bonchev–Trinajstić information content (AvgIpc) is 2.37. The molecule has 1 aromatic carbocycles. The maximum Gasteiger partial charge on any atom is 0.337 e. The number of aromatic carboxylic acids is 1. The van der Waals surface area contributed by atoms with E-state index < -0.39 is 5.97 Å². The molecule has 1 fully saturated rings. The van der Waals surface area contributed by atoms with Crippen LogP contribution >= 0.6 is 0 Å². The van der Waals surface area contributed by atoms with Gasteiger partial charge in [-0.05, 0) is 55.7 Å². The second-order valence-electron chi connectivity index (χ2n) is 6.01. The van der Waals surface area contributed by atoms with Crippen LogP contribution in [0.1, 0.15) is 49.0 Å². The molecular formula is C16H23NO3. The molecule has 4 nitrogen and oxygen atoms in total. The molecule has 3 N–H and O–H groups in total. The zero-order valence-electron chi connectivity index (χ0n) is 12.3. The van der Waals surface area contributed by atoms with Crippen LogP contribution < -0.4 is 10.5 Å². The van der Waals surface area contributed by atoms with Gasteiger partial charge in [-0.1, -0.05) is 13.8 Å². The van der Waals surface area contributed by atoms with Crippen LogP contribution in [0.3, 0.4) is 0 Å². The van der Waals surface area contributed by atoms with E-state index in [1.165, 1.54) is 6.07 Å². The molecule has 20 heavy (non-hydrogen) atoms. The van der Waals surface area contributed by atoms with Crippen molar-refractivity contribution in [2.24, 2.45) is 11.8 Å². The number of carboxylic acids is 1. The number of carbonyl (C=O) groups is 1. The number of aryl methyl sites for hydroxylation is 1. The third-order valence-corrected chi connectivity index (χ3v) is 4.44. The summed E-state index contributed by atoms with van der Waals surface area (Å²) in [6.45, 7) is 6.33. The predicted octanol–water partition coefficient (Wildman–Crippen LogP) is 3.48. The van der Waals surface area contributed by atoms with Crippen LogP contribution in [0.15, 0.2) is 12.1 Å². The van der Waals surface area contributed by atoms with Gasteiger partial charge in [0.15, 0.2) is 0 Å². The molecule has 3 atom stereocenters. The van der Waals surface area contributed by atoms with E-state index in [-0.39, 0.29) is 11.7 Å². The minimum Gasteiger partial charge on any atom is -0.490 e. The van der Waals surface area contributed by atoms with E-state index in [0.29, 0.717) is 17.4 Å². The second-order valence-corrected chi connectivity index (χ2v) is 6.01. The topological polar surface area (TPSA) is 72.5 Å². The van der Waals surface area contributed by atoms with Gasteiger partial charge >= 0.3 is 5.97 Å². The number of ether oxygens (including phenoxy) is 1. The molecule has 2 rings (SSSR count). The Kier molecular flexibility index (Phi) is 4.21. The Hall–Kier alpha value is -1.71. The molecule has 0 radical (unpaired) electrons. The summed E-state index contributed by atoms with van der Waals surface area (Å²) >= 11 is 0. The van der Waals surface area contributed by atoms with Gasteiger partial charge in [-0.15, -0.1) is 0 Å². The van der Waals surface area contributed by atoms with Crippen molar-refractivity contribution in [2.45, 2.75) is 46.1 Å². The second kappa shape index (κ2) is 5.73. The zero-order chi connectivity index (χ0) is 14.9. The summed E-state index contributed by atoms with van der Waals surface area (Å²) in [5, 5.41) is 9.16. The van der Waals surface area contributed by atoms with Crippen molar-refractivity contribution < 1.29 is 14.6 Å². The molecule has 0 aromatic heterocycles. The van der Waals surface area contributed by atoms with E-state index in [2.05, 4.69) is 13.8 Å². The highest BCUT2D eigenvalue weighted by molar-refractivity contribution is 5.95. The smallest absolute Gasteiger partial charge is 0.337 e. The quantitative estimate of drug-likeness (QED) is 0.830. The molecule has 110 valence electrons. The number of hydrogen-bond acceptors (Lipinski definition) is 3. The first-order valence-electron chi connectivity index (χ1n) is 7.18. The van der Waals surface area contributed by atoms with Gasteiger partial charge in [0, 0.05) is 5.69 Å². The van der Waals surface area contributed by atoms with E-state index in [9.17, 15) is 4.79 Å². The van der Waals surface area contributed by atoms with Crippen molar-refractivity contribution in [3.63, 3.8) is 0 Å². The Morgan fingerprint density at radius 2 is 2.00 bits per heavy atom. The van der Waals surface area contributed by atoms with E-state index in [0.717, 1.165) is 30.7 Å². The van der Waals surface area contributed by atoms with Crippen LogP contribution in [0, 0.1) is 18.8 Å². The largest absolute Gasteiger partial charge is 0.490 e. The normalized spacial score (nSPS) is 26.2. The molecule has 1 aromatic rings. The summed E-state index contributed by atoms with van der Waals surface area (Å²) in [7, 11) is 0. The Morgan fingerprint density at radius 3 is 2.60 bits per heavy atom. The van der Waals surface area contributed by atoms with E-state index in [1.807, 2.05) is 6.07 Å². The number of hydrogen-bond donors (Lipinski definition) is 2. The van der Waals surface area contributed by atoms with Crippen molar-refractivity contribution in [2.75, 3.05) is 5.73 Å². The lowest BCUT2D eigenvalue weighted by Gasteiger charge is -2.32. The lowest BCUT2D eigenvalue weighted by molar-refractivity contribution is 0.0695. The maximum absolute atomic E-state index is 11.2. The van der Waals surface area contributed by atoms with Crippen LogP contribution in [-0.4, -0.2) is 17.2 Å². The molecule has 4 heteroatoms. The van der Waals surface area contributed by atoms with Crippen LogP contribution in [0.4, 0.5) is 5.69 Å². The van der Waals surface area contributed by atoms with Gasteiger partial charge in [0.05, 0.1) is 11.7 Å². The first-order chi connectivity index (χ1) is 9.38. The van der Waals surface area contributed by atoms with Gasteiger partial charge < -0.3 is 15.6 Å². The summed E-state index contributed by atoms with van der Waals surface area (Å²) in [5.74, 6) is 0.975. The molecule has 0 amide bonds. The monoisotopic (exact) mass is 277 g/mol. The van der Waals surface area contributed by atoms with Crippen LogP contribution in [0.2, 0.25) is 0 Å². The van der Waals surface area contributed by atoms with Gasteiger partial charge in [0.2, 0.25) is 0 Å². The highest BCUT2D eigenvalue weighted by atomic mass is 16.5. The molecule has 0 heterocycles. The first-order valence-corrected chi connectivity index (χ1v) is 7.18. The van der Waals surface area contributed by atoms with E-state index in [4.69, 9.17) is 15.6 Å². The van der Waals surface area contributed by atoms with Crippen molar-refractivity contribution in [1.82, 2.24) is 0 Å². The fourth-order valence-corrected chi connectivity index (χ4v) is 2.81. The third-order valence-electron chi connectivity index (χ3n) is 4.44. The number of nitrogens with two attached hydrogens (primary N) is 1. The van der Waals surface area contributed by atoms with Crippen molar-refractivity contribution in [3.8, 4) is 5.75 Å². The minimum absolute atomic E-state index is 0.122. The Bertz CT molecular complexity index is 513. The number of carboxylic acid groups (broad SMARTS) is 1. The standard InChI is InChI=1S/C16H23NO3/c1-9-4-5-12(6-10(9)2)20-13-7-11(3)15(17)14(8-13)16(18)19/h7-10,12H,4-6,17H2,1-3H3,(H,18,19). The van der Waals surface area contributed by atoms with Crippen molar-refractivity contribution in [3.05, 3.63) is 23.3 Å². The van der Waals surface area contributed by atoms with E-state index in [1.54, 1.807) is 6.92 Å². The third kappa shape index (κ3) is 3.06. The Morgan fingerprint density at radius 1 is 1.30 bits per heavy atom. The Balaban J connectivity index is 2.16. The molecule has 1 aliphatic rings. The van der Waals surface area contributed by atoms with Crippen LogP contribution in [0.25, 0.3) is 0 Å². The number of nitrogen functional groups attached to an aromatic ring is 1. The summed E-state index contributed by atoms with van der Waals surface area (Å²) in [4.78, 5) is 11.2. The minimum atomic E-state index is -1.01. The molecular weight excluding hydrogens is 254 g/mol. The molecule has 0 saturated heterocycles. The number of anilines is 1. The Labute approximate surface area is 119 Å². The molecule has 0 aliphatic heterocycles. The molecule has 1 saturated carbocycles. The molecule has 1 aliphatic carbocycles. The lowest BCUT2D eigenvalue weighted by Crippen LogP contribution is -2.28. The molecule has 3 unspecified atom stereocenters. The average molecular weight is 277 g/mol. The van der Waals surface area contributed by atoms with E-state index >= 15 is 0 Å². The van der Waals surface area contributed by atoms with Crippen molar-refractivity contribution >= 4 is 11.7 Å². The SMILES string of the molecule is Cc1cc(OC2CCC(C)C(C)C2)cc(C(=O)O)c1N. The summed E-state index contributed by atoms with van der Waals surface area (Å²) < 4.78 is 5.98. The predicted molar refractivity (Wildman–Crippen MR) is 79.1 cm³/mol. The van der Waals surface area contributed by atoms with Gasteiger partial charge in [-0.2, -0.15) is 0 Å².